The first kappa shape index (κ1) is 18.5. The molecule has 0 spiro atoms. The van der Waals surface area contributed by atoms with Crippen molar-refractivity contribution in [2.24, 2.45) is 0 Å². The van der Waals surface area contributed by atoms with Crippen LogP contribution in [-0.2, 0) is 14.9 Å². The molecule has 0 unspecified atom stereocenters. The number of fused-ring (bicyclic) bond motifs is 1. The Morgan fingerprint density at radius 3 is 2.69 bits per heavy atom. The number of hydrogen-bond acceptors (Lipinski definition) is 7. The molecule has 11 heteroatoms. The van der Waals surface area contributed by atoms with Gasteiger partial charge in [-0.2, -0.15) is 21.6 Å². The van der Waals surface area contributed by atoms with E-state index in [4.69, 9.17) is 9.15 Å². The maximum absolute atomic E-state index is 12.6. The standard InChI is InChI=1S/C15H14F3NO6S/c1-9-8-23-6-5-19(9)13-7-11(20)10-3-2-4-12(14(10)24-13)25-26(21,22)15(16,17)18/h2-4,7,9H,5-6,8H2,1H3/t9-/m1/s1. The molecule has 2 heterocycles. The molecular weight excluding hydrogens is 379 g/mol. The fourth-order valence-electron chi connectivity index (χ4n) is 2.57. The molecule has 1 atom stereocenters. The Labute approximate surface area is 146 Å². The van der Waals surface area contributed by atoms with Crippen LogP contribution >= 0.6 is 0 Å². The fraction of sp³-hybridized carbons (Fsp3) is 0.400. The molecule has 0 radical (unpaired) electrons. The molecule has 3 rings (SSSR count). The predicted molar refractivity (Wildman–Crippen MR) is 85.7 cm³/mol. The van der Waals surface area contributed by atoms with Crippen LogP contribution < -0.4 is 14.5 Å². The van der Waals surface area contributed by atoms with E-state index in [1.54, 1.807) is 4.90 Å². The van der Waals surface area contributed by atoms with Crippen molar-refractivity contribution in [3.05, 3.63) is 34.5 Å². The van der Waals surface area contributed by atoms with Gasteiger partial charge in [0.15, 0.2) is 16.8 Å². The molecule has 1 aromatic heterocycles. The van der Waals surface area contributed by atoms with Gasteiger partial charge in [0, 0.05) is 12.6 Å². The van der Waals surface area contributed by atoms with E-state index >= 15 is 0 Å². The van der Waals surface area contributed by atoms with Gasteiger partial charge in [-0.25, -0.2) is 0 Å². The van der Waals surface area contributed by atoms with Crippen LogP contribution in [0.25, 0.3) is 11.0 Å². The molecule has 1 aliphatic rings. The van der Waals surface area contributed by atoms with Gasteiger partial charge in [0.2, 0.25) is 5.88 Å². The van der Waals surface area contributed by atoms with Crippen LogP contribution in [0.5, 0.6) is 5.75 Å². The Balaban J connectivity index is 2.12. The number of benzene rings is 1. The molecule has 0 aliphatic carbocycles. The number of morpholine rings is 1. The Bertz CT molecular complexity index is 985. The molecule has 0 amide bonds. The summed E-state index contributed by atoms with van der Waals surface area (Å²) in [6, 6.07) is 4.56. The number of ether oxygens (including phenoxy) is 1. The minimum absolute atomic E-state index is 0.0930. The lowest BCUT2D eigenvalue weighted by Crippen LogP contribution is -2.44. The van der Waals surface area contributed by atoms with E-state index in [-0.39, 0.29) is 22.9 Å². The molecule has 1 aliphatic heterocycles. The third kappa shape index (κ3) is 3.36. The van der Waals surface area contributed by atoms with Gasteiger partial charge in [0.1, 0.15) is 0 Å². The third-order valence-corrected chi connectivity index (χ3v) is 4.81. The molecule has 0 bridgehead atoms. The van der Waals surface area contributed by atoms with Crippen molar-refractivity contribution in [1.29, 1.82) is 0 Å². The van der Waals surface area contributed by atoms with Crippen LogP contribution in [0.4, 0.5) is 19.1 Å². The zero-order valence-electron chi connectivity index (χ0n) is 13.4. The van der Waals surface area contributed by atoms with E-state index in [2.05, 4.69) is 4.18 Å². The Morgan fingerprint density at radius 2 is 2.04 bits per heavy atom. The SMILES string of the molecule is C[C@@H]1COCCN1c1cc(=O)c2cccc(OS(=O)(=O)C(F)(F)F)c2o1. The summed E-state index contributed by atoms with van der Waals surface area (Å²) in [5.74, 6) is -0.613. The highest BCUT2D eigenvalue weighted by Gasteiger charge is 2.49. The smallest absolute Gasteiger partial charge is 0.436 e. The zero-order chi connectivity index (χ0) is 19.1. The lowest BCUT2D eigenvalue weighted by molar-refractivity contribution is -0.0499. The summed E-state index contributed by atoms with van der Waals surface area (Å²) < 4.78 is 75.4. The number of anilines is 1. The van der Waals surface area contributed by atoms with Gasteiger partial charge in [-0.15, -0.1) is 0 Å². The minimum atomic E-state index is -5.90. The van der Waals surface area contributed by atoms with Crippen molar-refractivity contribution in [3.8, 4) is 5.75 Å². The molecule has 2 aromatic rings. The second kappa shape index (κ2) is 6.47. The van der Waals surface area contributed by atoms with Gasteiger partial charge in [0.05, 0.1) is 24.6 Å². The number of nitrogens with zero attached hydrogens (tertiary/aromatic N) is 1. The van der Waals surface area contributed by atoms with Gasteiger partial charge in [-0.1, -0.05) is 6.07 Å². The van der Waals surface area contributed by atoms with Crippen molar-refractivity contribution in [1.82, 2.24) is 0 Å². The van der Waals surface area contributed by atoms with Gasteiger partial charge in [0.25, 0.3) is 0 Å². The van der Waals surface area contributed by atoms with Gasteiger partial charge in [-0.3, -0.25) is 4.79 Å². The highest BCUT2D eigenvalue weighted by atomic mass is 32.2. The first-order valence-corrected chi connectivity index (χ1v) is 8.93. The molecule has 0 N–H and O–H groups in total. The summed E-state index contributed by atoms with van der Waals surface area (Å²) in [5.41, 5.74) is -6.51. The fourth-order valence-corrected chi connectivity index (χ4v) is 3.03. The molecule has 1 saturated heterocycles. The number of para-hydroxylation sites is 1. The Morgan fingerprint density at radius 1 is 1.31 bits per heavy atom. The highest BCUT2D eigenvalue weighted by Crippen LogP contribution is 2.33. The normalized spacial score (nSPS) is 18.9. The quantitative estimate of drug-likeness (QED) is 0.584. The van der Waals surface area contributed by atoms with Crippen LogP contribution in [0.2, 0.25) is 0 Å². The summed E-state index contributed by atoms with van der Waals surface area (Å²) in [7, 11) is -5.90. The maximum atomic E-state index is 12.6. The molecule has 142 valence electrons. The Hall–Kier alpha value is -2.27. The second-order valence-electron chi connectivity index (χ2n) is 5.68. The summed E-state index contributed by atoms with van der Waals surface area (Å²) >= 11 is 0. The lowest BCUT2D eigenvalue weighted by Gasteiger charge is -2.33. The number of alkyl halides is 3. The van der Waals surface area contributed by atoms with Gasteiger partial charge < -0.3 is 18.2 Å². The van der Waals surface area contributed by atoms with E-state index in [1.165, 1.54) is 18.2 Å². The van der Waals surface area contributed by atoms with Gasteiger partial charge in [-0.05, 0) is 19.1 Å². The van der Waals surface area contributed by atoms with Crippen LogP contribution in [0.3, 0.4) is 0 Å². The van der Waals surface area contributed by atoms with Crippen LogP contribution in [0, 0.1) is 0 Å². The maximum Gasteiger partial charge on any atom is 0.534 e. The summed E-state index contributed by atoms with van der Waals surface area (Å²) in [4.78, 5) is 14.0. The van der Waals surface area contributed by atoms with E-state index in [0.29, 0.717) is 19.8 Å². The van der Waals surface area contributed by atoms with Crippen molar-refractivity contribution in [3.63, 3.8) is 0 Å². The average molecular weight is 393 g/mol. The van der Waals surface area contributed by atoms with Crippen molar-refractivity contribution in [2.75, 3.05) is 24.7 Å². The second-order valence-corrected chi connectivity index (χ2v) is 7.22. The molecule has 1 aromatic carbocycles. The summed E-state index contributed by atoms with van der Waals surface area (Å²) in [5, 5.41) is -0.0930. The molecule has 7 nitrogen and oxygen atoms in total. The van der Waals surface area contributed by atoms with Crippen LogP contribution in [0.1, 0.15) is 6.92 Å². The molecule has 0 saturated carbocycles. The largest absolute Gasteiger partial charge is 0.534 e. The highest BCUT2D eigenvalue weighted by molar-refractivity contribution is 7.88. The zero-order valence-corrected chi connectivity index (χ0v) is 14.3. The number of rotatable bonds is 3. The summed E-state index contributed by atoms with van der Waals surface area (Å²) in [6.07, 6.45) is 0. The van der Waals surface area contributed by atoms with Crippen molar-refractivity contribution in [2.45, 2.75) is 18.5 Å². The topological polar surface area (TPSA) is 86.0 Å². The third-order valence-electron chi connectivity index (χ3n) is 3.84. The number of halogens is 3. The minimum Gasteiger partial charge on any atom is -0.436 e. The molecule has 1 fully saturated rings. The first-order valence-electron chi connectivity index (χ1n) is 7.52. The average Bonchev–Trinajstić information content (AvgIpc) is 2.54. The predicted octanol–water partition coefficient (Wildman–Crippen LogP) is 2.25. The van der Waals surface area contributed by atoms with Crippen molar-refractivity contribution < 1.29 is 34.9 Å². The molecular formula is C15H14F3NO6S. The van der Waals surface area contributed by atoms with E-state index < -0.39 is 26.8 Å². The summed E-state index contributed by atoms with van der Waals surface area (Å²) in [6.45, 7) is 2.98. The lowest BCUT2D eigenvalue weighted by atomic mass is 10.2. The van der Waals surface area contributed by atoms with E-state index in [1.807, 2.05) is 6.92 Å². The first-order chi connectivity index (χ1) is 12.1. The van der Waals surface area contributed by atoms with Crippen LogP contribution in [-0.4, -0.2) is 39.7 Å². The Kier molecular flexibility index (Phi) is 4.61. The van der Waals surface area contributed by atoms with E-state index in [9.17, 15) is 26.4 Å². The van der Waals surface area contributed by atoms with E-state index in [0.717, 1.165) is 6.07 Å². The van der Waals surface area contributed by atoms with Gasteiger partial charge >= 0.3 is 15.6 Å². The number of hydrogen-bond donors (Lipinski definition) is 0. The molecule has 26 heavy (non-hydrogen) atoms. The van der Waals surface area contributed by atoms with Crippen molar-refractivity contribution >= 4 is 27.0 Å². The monoisotopic (exact) mass is 393 g/mol. The van der Waals surface area contributed by atoms with Crippen LogP contribution in [0.15, 0.2) is 33.5 Å².